The third-order valence-corrected chi connectivity index (χ3v) is 3.54. The molecular formula is C15H24N2O. The molecular weight excluding hydrogens is 224 g/mol. The van der Waals surface area contributed by atoms with Crippen LogP contribution in [-0.2, 0) is 11.3 Å². The van der Waals surface area contributed by atoms with E-state index in [0.29, 0.717) is 6.04 Å². The second kappa shape index (κ2) is 6.88. The van der Waals surface area contributed by atoms with Crippen LogP contribution in [0.1, 0.15) is 12.5 Å². The van der Waals surface area contributed by atoms with Crippen molar-refractivity contribution < 1.29 is 4.74 Å². The lowest BCUT2D eigenvalue weighted by atomic mass is 10.2. The van der Waals surface area contributed by atoms with E-state index in [2.05, 4.69) is 54.1 Å². The number of hydrogen-bond acceptors (Lipinski definition) is 3. The Hall–Kier alpha value is -0.900. The van der Waals surface area contributed by atoms with Crippen LogP contribution >= 0.6 is 0 Å². The average molecular weight is 248 g/mol. The molecule has 3 heteroatoms. The van der Waals surface area contributed by atoms with Gasteiger partial charge in [-0.15, -0.1) is 0 Å². The van der Waals surface area contributed by atoms with Gasteiger partial charge in [0.2, 0.25) is 0 Å². The minimum atomic E-state index is 0.600. The summed E-state index contributed by atoms with van der Waals surface area (Å²) in [5.41, 5.74) is 1.38. The van der Waals surface area contributed by atoms with E-state index < -0.39 is 0 Å². The number of nitrogens with zero attached hydrogens (tertiary/aromatic N) is 2. The van der Waals surface area contributed by atoms with Crippen molar-refractivity contribution >= 4 is 0 Å². The van der Waals surface area contributed by atoms with Crippen molar-refractivity contribution in [1.29, 1.82) is 0 Å². The quantitative estimate of drug-likeness (QED) is 0.791. The standard InChI is InChI=1S/C15H24N2O/c1-14(17-8-10-18-11-9-17)12-16(2)13-15-6-4-3-5-7-15/h3-7,14H,8-13H2,1-2H3/t14-/m1/s1. The first-order chi connectivity index (χ1) is 8.75. The third-order valence-electron chi connectivity index (χ3n) is 3.54. The molecule has 0 unspecified atom stereocenters. The molecule has 1 heterocycles. The zero-order chi connectivity index (χ0) is 12.8. The van der Waals surface area contributed by atoms with Crippen LogP contribution in [-0.4, -0.2) is 55.7 Å². The first-order valence-corrected chi connectivity index (χ1v) is 6.80. The molecule has 3 nitrogen and oxygen atoms in total. The highest BCUT2D eigenvalue weighted by atomic mass is 16.5. The Morgan fingerprint density at radius 1 is 1.22 bits per heavy atom. The van der Waals surface area contributed by atoms with Crippen LogP contribution in [0.5, 0.6) is 0 Å². The molecule has 2 rings (SSSR count). The van der Waals surface area contributed by atoms with Gasteiger partial charge in [0.25, 0.3) is 0 Å². The molecule has 0 amide bonds. The number of likely N-dealkylation sites (N-methyl/N-ethyl adjacent to an activating group) is 1. The monoisotopic (exact) mass is 248 g/mol. The van der Waals surface area contributed by atoms with Crippen LogP contribution < -0.4 is 0 Å². The largest absolute Gasteiger partial charge is 0.379 e. The fourth-order valence-electron chi connectivity index (χ4n) is 2.54. The topological polar surface area (TPSA) is 15.7 Å². The van der Waals surface area contributed by atoms with Crippen molar-refractivity contribution in [2.24, 2.45) is 0 Å². The van der Waals surface area contributed by atoms with Gasteiger partial charge in [-0.1, -0.05) is 30.3 Å². The molecule has 0 saturated carbocycles. The highest BCUT2D eigenvalue weighted by Gasteiger charge is 2.18. The minimum Gasteiger partial charge on any atom is -0.379 e. The Morgan fingerprint density at radius 2 is 1.89 bits per heavy atom. The van der Waals surface area contributed by atoms with Crippen LogP contribution in [0, 0.1) is 0 Å². The summed E-state index contributed by atoms with van der Waals surface area (Å²) in [6.45, 7) is 8.34. The van der Waals surface area contributed by atoms with E-state index in [4.69, 9.17) is 4.74 Å². The summed E-state index contributed by atoms with van der Waals surface area (Å²) < 4.78 is 5.40. The summed E-state index contributed by atoms with van der Waals surface area (Å²) >= 11 is 0. The van der Waals surface area contributed by atoms with Crippen LogP contribution in [0.4, 0.5) is 0 Å². The number of rotatable bonds is 5. The van der Waals surface area contributed by atoms with Gasteiger partial charge in [0, 0.05) is 32.2 Å². The van der Waals surface area contributed by atoms with Crippen molar-refractivity contribution in [3.05, 3.63) is 35.9 Å². The summed E-state index contributed by atoms with van der Waals surface area (Å²) in [5, 5.41) is 0. The Balaban J connectivity index is 1.77. The summed E-state index contributed by atoms with van der Waals surface area (Å²) in [6.07, 6.45) is 0. The molecule has 100 valence electrons. The van der Waals surface area contributed by atoms with E-state index >= 15 is 0 Å². The van der Waals surface area contributed by atoms with E-state index in [1.807, 2.05) is 0 Å². The van der Waals surface area contributed by atoms with Gasteiger partial charge in [-0.05, 0) is 19.5 Å². The van der Waals surface area contributed by atoms with Crippen LogP contribution in [0.15, 0.2) is 30.3 Å². The molecule has 1 saturated heterocycles. The van der Waals surface area contributed by atoms with E-state index in [-0.39, 0.29) is 0 Å². The van der Waals surface area contributed by atoms with Gasteiger partial charge in [-0.3, -0.25) is 4.90 Å². The number of benzene rings is 1. The van der Waals surface area contributed by atoms with Crippen molar-refractivity contribution in [3.63, 3.8) is 0 Å². The maximum absolute atomic E-state index is 5.40. The number of ether oxygens (including phenoxy) is 1. The molecule has 0 aromatic heterocycles. The van der Waals surface area contributed by atoms with Crippen LogP contribution in [0.2, 0.25) is 0 Å². The molecule has 0 bridgehead atoms. The molecule has 0 N–H and O–H groups in total. The zero-order valence-electron chi connectivity index (χ0n) is 11.5. The van der Waals surface area contributed by atoms with Crippen LogP contribution in [0.25, 0.3) is 0 Å². The molecule has 1 aromatic carbocycles. The SMILES string of the molecule is C[C@H](CN(C)Cc1ccccc1)N1CCOCC1. The Morgan fingerprint density at radius 3 is 2.56 bits per heavy atom. The number of morpholine rings is 1. The van der Waals surface area contributed by atoms with E-state index in [1.165, 1.54) is 5.56 Å². The van der Waals surface area contributed by atoms with E-state index in [0.717, 1.165) is 39.4 Å². The van der Waals surface area contributed by atoms with E-state index in [1.54, 1.807) is 0 Å². The normalized spacial score (nSPS) is 19.1. The van der Waals surface area contributed by atoms with Crippen molar-refractivity contribution in [2.75, 3.05) is 39.9 Å². The van der Waals surface area contributed by atoms with Gasteiger partial charge in [-0.25, -0.2) is 0 Å². The van der Waals surface area contributed by atoms with Gasteiger partial charge < -0.3 is 9.64 Å². The van der Waals surface area contributed by atoms with E-state index in [9.17, 15) is 0 Å². The molecule has 1 aliphatic rings. The first-order valence-electron chi connectivity index (χ1n) is 6.80. The van der Waals surface area contributed by atoms with Crippen molar-refractivity contribution in [2.45, 2.75) is 19.5 Å². The summed E-state index contributed by atoms with van der Waals surface area (Å²) in [7, 11) is 2.20. The van der Waals surface area contributed by atoms with Crippen molar-refractivity contribution in [1.82, 2.24) is 9.80 Å². The second-order valence-electron chi connectivity index (χ2n) is 5.18. The lowest BCUT2D eigenvalue weighted by molar-refractivity contribution is 0.0137. The van der Waals surface area contributed by atoms with Gasteiger partial charge in [0.1, 0.15) is 0 Å². The maximum atomic E-state index is 5.40. The fraction of sp³-hybridized carbons (Fsp3) is 0.600. The smallest absolute Gasteiger partial charge is 0.0594 e. The first kappa shape index (κ1) is 13.5. The molecule has 0 spiro atoms. The average Bonchev–Trinajstić information content (AvgIpc) is 2.40. The van der Waals surface area contributed by atoms with Gasteiger partial charge in [0.15, 0.2) is 0 Å². The Labute approximate surface area is 110 Å². The molecule has 1 atom stereocenters. The molecule has 18 heavy (non-hydrogen) atoms. The highest BCUT2D eigenvalue weighted by molar-refractivity contribution is 5.14. The minimum absolute atomic E-state index is 0.600. The zero-order valence-corrected chi connectivity index (χ0v) is 11.5. The predicted octanol–water partition coefficient (Wildman–Crippen LogP) is 1.84. The number of hydrogen-bond donors (Lipinski definition) is 0. The highest BCUT2D eigenvalue weighted by Crippen LogP contribution is 2.07. The Kier molecular flexibility index (Phi) is 5.17. The summed E-state index contributed by atoms with van der Waals surface area (Å²) in [4.78, 5) is 4.92. The lowest BCUT2D eigenvalue weighted by Crippen LogP contribution is -2.46. The molecule has 1 aliphatic heterocycles. The second-order valence-corrected chi connectivity index (χ2v) is 5.18. The molecule has 0 radical (unpaired) electrons. The summed E-state index contributed by atoms with van der Waals surface area (Å²) in [6, 6.07) is 11.3. The van der Waals surface area contributed by atoms with Gasteiger partial charge >= 0.3 is 0 Å². The lowest BCUT2D eigenvalue weighted by Gasteiger charge is -2.34. The van der Waals surface area contributed by atoms with Crippen molar-refractivity contribution in [3.8, 4) is 0 Å². The van der Waals surface area contributed by atoms with Gasteiger partial charge in [-0.2, -0.15) is 0 Å². The van der Waals surface area contributed by atoms with Crippen LogP contribution in [0.3, 0.4) is 0 Å². The molecule has 1 aromatic rings. The fourth-order valence-corrected chi connectivity index (χ4v) is 2.54. The molecule has 1 fully saturated rings. The van der Waals surface area contributed by atoms with Gasteiger partial charge in [0.05, 0.1) is 13.2 Å². The predicted molar refractivity (Wildman–Crippen MR) is 74.6 cm³/mol. The third kappa shape index (κ3) is 4.09. The summed E-state index contributed by atoms with van der Waals surface area (Å²) in [5.74, 6) is 0. The Bertz CT molecular complexity index is 336. The molecule has 0 aliphatic carbocycles. The maximum Gasteiger partial charge on any atom is 0.0594 e.